The molecule has 32 heavy (non-hydrogen) atoms. The van der Waals surface area contributed by atoms with Gasteiger partial charge in [-0.1, -0.05) is 60.9 Å². The van der Waals surface area contributed by atoms with Gasteiger partial charge < -0.3 is 21.9 Å². The van der Waals surface area contributed by atoms with Gasteiger partial charge in [-0.3, -0.25) is 9.79 Å². The van der Waals surface area contributed by atoms with Crippen LogP contribution in [-0.4, -0.2) is 31.1 Å². The molecular formula is C26H42N4O2. The first-order valence-corrected chi connectivity index (χ1v) is 11.4. The molecule has 6 heteroatoms. The van der Waals surface area contributed by atoms with Gasteiger partial charge >= 0.3 is 5.97 Å². The van der Waals surface area contributed by atoms with Crippen molar-refractivity contribution in [1.82, 2.24) is 0 Å². The van der Waals surface area contributed by atoms with Crippen LogP contribution < -0.4 is 17.2 Å². The van der Waals surface area contributed by atoms with Gasteiger partial charge in [0.15, 0.2) is 5.96 Å². The Morgan fingerprint density at radius 2 is 1.94 bits per heavy atom. The van der Waals surface area contributed by atoms with E-state index in [1.54, 1.807) is 0 Å². The number of nitrogens with zero attached hydrogens (tertiary/aromatic N) is 1. The predicted octanol–water partition coefficient (Wildman–Crippen LogP) is 4.44. The molecule has 0 bridgehead atoms. The lowest BCUT2D eigenvalue weighted by atomic mass is 9.72. The maximum Gasteiger partial charge on any atom is 0.323 e. The molecule has 178 valence electrons. The van der Waals surface area contributed by atoms with Crippen LogP contribution in [0.25, 0.3) is 0 Å². The minimum absolute atomic E-state index is 0.0385. The van der Waals surface area contributed by atoms with Gasteiger partial charge in [0, 0.05) is 6.54 Å². The highest BCUT2D eigenvalue weighted by Crippen LogP contribution is 2.40. The number of hydrogen-bond acceptors (Lipinski definition) is 4. The zero-order valence-corrected chi connectivity index (χ0v) is 20.5. The molecule has 0 saturated carbocycles. The zero-order chi connectivity index (χ0) is 24.1. The molecule has 0 fully saturated rings. The van der Waals surface area contributed by atoms with E-state index in [1.807, 2.05) is 25.2 Å². The second kappa shape index (κ2) is 13.7. The fourth-order valence-corrected chi connectivity index (χ4v) is 3.70. The van der Waals surface area contributed by atoms with Crippen LogP contribution in [0.3, 0.4) is 0 Å². The Morgan fingerprint density at radius 3 is 2.59 bits per heavy atom. The van der Waals surface area contributed by atoms with Crippen LogP contribution in [-0.2, 0) is 9.53 Å². The number of ether oxygens (including phenoxy) is 1. The number of esters is 1. The molecule has 1 atom stereocenters. The number of rotatable bonds is 11. The van der Waals surface area contributed by atoms with Crippen LogP contribution in [0, 0.1) is 5.41 Å². The Balaban J connectivity index is 2.48. The number of aliphatic imine (C=N–C) groups is 1. The number of guanidine groups is 1. The number of nitrogens with two attached hydrogens (primary N) is 3. The van der Waals surface area contributed by atoms with Gasteiger partial charge in [0.25, 0.3) is 0 Å². The quantitative estimate of drug-likeness (QED) is 0.144. The molecule has 0 amide bonds. The topological polar surface area (TPSA) is 117 Å². The molecule has 0 aromatic heterocycles. The van der Waals surface area contributed by atoms with Crippen LogP contribution in [0.4, 0.5) is 0 Å². The summed E-state index contributed by atoms with van der Waals surface area (Å²) in [6.07, 6.45) is 17.2. The van der Waals surface area contributed by atoms with Gasteiger partial charge in [0.1, 0.15) is 12.6 Å². The van der Waals surface area contributed by atoms with E-state index in [2.05, 4.69) is 50.9 Å². The summed E-state index contributed by atoms with van der Waals surface area (Å²) in [4.78, 5) is 15.8. The second-order valence-corrected chi connectivity index (χ2v) is 9.17. The van der Waals surface area contributed by atoms with Crippen molar-refractivity contribution in [3.05, 3.63) is 58.7 Å². The first-order valence-electron chi connectivity index (χ1n) is 11.4. The van der Waals surface area contributed by atoms with E-state index in [1.165, 1.54) is 36.0 Å². The Morgan fingerprint density at radius 1 is 1.22 bits per heavy atom. The van der Waals surface area contributed by atoms with Gasteiger partial charge in [-0.25, -0.2) is 0 Å². The second-order valence-electron chi connectivity index (χ2n) is 9.17. The number of hydrogen-bond donors (Lipinski definition) is 3. The molecular weight excluding hydrogens is 400 g/mol. The summed E-state index contributed by atoms with van der Waals surface area (Å²) in [6, 6.07) is -0.668. The first kappa shape index (κ1) is 27.4. The molecule has 0 unspecified atom stereocenters. The van der Waals surface area contributed by atoms with Crippen molar-refractivity contribution < 1.29 is 9.53 Å². The minimum atomic E-state index is -0.668. The van der Waals surface area contributed by atoms with Crippen LogP contribution in [0.1, 0.15) is 66.7 Å². The third-order valence-corrected chi connectivity index (χ3v) is 5.67. The average molecular weight is 443 g/mol. The minimum Gasteiger partial charge on any atom is -0.460 e. The van der Waals surface area contributed by atoms with Gasteiger partial charge in [0.05, 0.1) is 0 Å². The van der Waals surface area contributed by atoms with Crippen molar-refractivity contribution in [1.29, 1.82) is 0 Å². The van der Waals surface area contributed by atoms with E-state index in [-0.39, 0.29) is 18.0 Å². The molecule has 0 radical (unpaired) electrons. The number of carbonyl (C=O) groups is 1. The molecule has 1 aliphatic rings. The fourth-order valence-electron chi connectivity index (χ4n) is 3.70. The molecule has 6 nitrogen and oxygen atoms in total. The Bertz CT molecular complexity index is 810. The van der Waals surface area contributed by atoms with E-state index in [9.17, 15) is 4.79 Å². The zero-order valence-electron chi connectivity index (χ0n) is 20.5. The summed E-state index contributed by atoms with van der Waals surface area (Å²) in [7, 11) is 0. The molecule has 6 N–H and O–H groups in total. The fraction of sp³-hybridized carbons (Fsp3) is 0.538. The van der Waals surface area contributed by atoms with Crippen LogP contribution in [0.2, 0.25) is 0 Å². The standard InChI is InChI=1S/C26H42N4O2/c1-19(13-14-22-21(3)11-7-16-26(22,4)5)9-6-10-20(2)15-18-32-24(31)23(27)12-8-17-30-25(28)29/h6,9-10,13-15,23H,7-8,11-12,16-18,27H2,1-5H3,(H4,28,29,30)/b10-6+,14-13+,19-9+,20-15+/t23-/m1/s1. The van der Waals surface area contributed by atoms with Crippen LogP contribution in [0.15, 0.2) is 63.7 Å². The predicted molar refractivity (Wildman–Crippen MR) is 135 cm³/mol. The lowest BCUT2D eigenvalue weighted by molar-refractivity contribution is -0.144. The van der Waals surface area contributed by atoms with Gasteiger partial charge in [-0.05, 0) is 69.9 Å². The largest absolute Gasteiger partial charge is 0.460 e. The monoisotopic (exact) mass is 442 g/mol. The Kier molecular flexibility index (Phi) is 11.8. The average Bonchev–Trinajstić information content (AvgIpc) is 2.69. The van der Waals surface area contributed by atoms with E-state index >= 15 is 0 Å². The summed E-state index contributed by atoms with van der Waals surface area (Å²) in [5, 5.41) is 0. The molecule has 0 spiro atoms. The Labute approximate surface area is 194 Å². The summed E-state index contributed by atoms with van der Waals surface area (Å²) in [5.41, 5.74) is 21.8. The van der Waals surface area contributed by atoms with E-state index in [4.69, 9.17) is 21.9 Å². The smallest absolute Gasteiger partial charge is 0.323 e. The van der Waals surface area contributed by atoms with Crippen LogP contribution >= 0.6 is 0 Å². The highest BCUT2D eigenvalue weighted by molar-refractivity contribution is 5.76. The maximum atomic E-state index is 11.9. The summed E-state index contributed by atoms with van der Waals surface area (Å²) in [6.45, 7) is 11.6. The normalized spacial score (nSPS) is 18.3. The van der Waals surface area contributed by atoms with Crippen molar-refractivity contribution >= 4 is 11.9 Å². The maximum absolute atomic E-state index is 11.9. The van der Waals surface area contributed by atoms with Crippen molar-refractivity contribution in [2.45, 2.75) is 72.8 Å². The highest BCUT2D eigenvalue weighted by atomic mass is 16.5. The van der Waals surface area contributed by atoms with Crippen molar-refractivity contribution in [3.8, 4) is 0 Å². The van der Waals surface area contributed by atoms with Gasteiger partial charge in [0.2, 0.25) is 0 Å². The summed E-state index contributed by atoms with van der Waals surface area (Å²) in [5.74, 6) is -0.379. The van der Waals surface area contributed by atoms with Crippen molar-refractivity contribution in [2.75, 3.05) is 13.2 Å². The van der Waals surface area contributed by atoms with E-state index < -0.39 is 12.0 Å². The molecule has 0 aromatic rings. The summed E-state index contributed by atoms with van der Waals surface area (Å²) >= 11 is 0. The number of allylic oxidation sites excluding steroid dienone is 9. The van der Waals surface area contributed by atoms with Gasteiger partial charge in [-0.2, -0.15) is 0 Å². The lowest BCUT2D eigenvalue weighted by Gasteiger charge is -2.32. The highest BCUT2D eigenvalue weighted by Gasteiger charge is 2.26. The Hall–Kier alpha value is -2.60. The van der Waals surface area contributed by atoms with E-state index in [0.717, 1.165) is 5.57 Å². The molecule has 0 aromatic carbocycles. The molecule has 1 rings (SSSR count). The SMILES string of the molecule is CC1=C(/C=C/C(C)=C/C=C/C(C)=C/COC(=O)[C@H](N)CCCN=C(N)N)C(C)(C)CCC1. The third-order valence-electron chi connectivity index (χ3n) is 5.67. The molecule has 1 aliphatic carbocycles. The molecule has 0 saturated heterocycles. The van der Waals surface area contributed by atoms with Crippen molar-refractivity contribution in [3.63, 3.8) is 0 Å². The van der Waals surface area contributed by atoms with Crippen LogP contribution in [0.5, 0.6) is 0 Å². The molecule has 0 aliphatic heterocycles. The molecule has 0 heterocycles. The van der Waals surface area contributed by atoms with Crippen molar-refractivity contribution in [2.24, 2.45) is 27.6 Å². The third kappa shape index (κ3) is 10.6. The lowest BCUT2D eigenvalue weighted by Crippen LogP contribution is -2.32. The van der Waals surface area contributed by atoms with E-state index in [0.29, 0.717) is 19.4 Å². The summed E-state index contributed by atoms with van der Waals surface area (Å²) < 4.78 is 5.22. The number of carbonyl (C=O) groups excluding carboxylic acids is 1. The first-order chi connectivity index (χ1) is 15.0. The van der Waals surface area contributed by atoms with Gasteiger partial charge in [-0.15, -0.1) is 0 Å².